The largest absolute Gasteiger partial charge is 0.497 e. The molecular weight excluding hydrogens is 432 g/mol. The van der Waals surface area contributed by atoms with Gasteiger partial charge in [0.1, 0.15) is 5.75 Å². The summed E-state index contributed by atoms with van der Waals surface area (Å²) in [5, 5.41) is 2.95. The molecule has 1 saturated heterocycles. The second-order valence-corrected chi connectivity index (χ2v) is 9.99. The lowest BCUT2D eigenvalue weighted by Gasteiger charge is -2.38. The molecule has 1 aliphatic heterocycles. The van der Waals surface area contributed by atoms with Gasteiger partial charge in [0.25, 0.3) is 0 Å². The molecule has 9 heteroatoms. The van der Waals surface area contributed by atoms with Crippen molar-refractivity contribution in [3.8, 4) is 17.2 Å². The van der Waals surface area contributed by atoms with Crippen LogP contribution in [0.25, 0.3) is 0 Å². The Morgan fingerprint density at radius 3 is 2.34 bits per heavy atom. The molecule has 0 radical (unpaired) electrons. The van der Waals surface area contributed by atoms with Crippen LogP contribution in [0.2, 0.25) is 0 Å². The molecular formula is C23H30N2O6S. The lowest BCUT2D eigenvalue weighted by atomic mass is 9.82. The summed E-state index contributed by atoms with van der Waals surface area (Å²) in [4.78, 5) is 13.1. The van der Waals surface area contributed by atoms with E-state index in [4.69, 9.17) is 14.2 Å². The molecule has 1 amide bonds. The van der Waals surface area contributed by atoms with Crippen molar-refractivity contribution in [2.75, 3.05) is 34.4 Å². The zero-order valence-electron chi connectivity index (χ0n) is 18.9. The predicted octanol–water partition coefficient (Wildman–Crippen LogP) is 2.82. The number of ether oxygens (including phenoxy) is 3. The molecule has 1 fully saturated rings. The van der Waals surface area contributed by atoms with Crippen LogP contribution < -0.4 is 19.5 Å². The molecule has 0 bridgehead atoms. The fourth-order valence-corrected chi connectivity index (χ4v) is 5.47. The minimum Gasteiger partial charge on any atom is -0.497 e. The minimum atomic E-state index is -3.80. The van der Waals surface area contributed by atoms with E-state index in [0.717, 1.165) is 11.3 Å². The number of hydrogen-bond acceptors (Lipinski definition) is 6. The number of carbonyl (C=O) groups excluding carboxylic acids is 1. The number of methoxy groups -OCH3 is 3. The Balaban J connectivity index is 1.73. The van der Waals surface area contributed by atoms with Gasteiger partial charge < -0.3 is 19.5 Å². The molecule has 8 nitrogen and oxygen atoms in total. The number of rotatable bonds is 8. The third kappa shape index (κ3) is 4.99. The highest BCUT2D eigenvalue weighted by Crippen LogP contribution is 2.35. The zero-order valence-corrected chi connectivity index (χ0v) is 19.7. The standard InChI is InChI=1S/C23H30N2O6S/c1-23(22(26)24-15-17-6-8-18(29-2)9-7-17)12-5-13-25(16-23)32(27,28)19-10-11-20(30-3)21(14-19)31-4/h6-11,14H,5,12-13,15-16H2,1-4H3,(H,24,26)/t23-/m1/s1. The van der Waals surface area contributed by atoms with Gasteiger partial charge in [-0.1, -0.05) is 12.1 Å². The number of nitrogens with zero attached hydrogens (tertiary/aromatic N) is 1. The fourth-order valence-electron chi connectivity index (χ4n) is 3.85. The second kappa shape index (κ2) is 9.79. The van der Waals surface area contributed by atoms with Crippen molar-refractivity contribution in [1.82, 2.24) is 9.62 Å². The van der Waals surface area contributed by atoms with E-state index in [9.17, 15) is 13.2 Å². The Bertz CT molecular complexity index is 1050. The van der Waals surface area contributed by atoms with E-state index in [1.165, 1.54) is 30.7 Å². The second-order valence-electron chi connectivity index (χ2n) is 8.05. The molecule has 0 aliphatic carbocycles. The number of amides is 1. The number of sulfonamides is 1. The van der Waals surface area contributed by atoms with Crippen molar-refractivity contribution in [1.29, 1.82) is 0 Å². The molecule has 1 atom stereocenters. The van der Waals surface area contributed by atoms with Gasteiger partial charge >= 0.3 is 0 Å². The van der Waals surface area contributed by atoms with Crippen molar-refractivity contribution in [2.45, 2.75) is 31.2 Å². The van der Waals surface area contributed by atoms with Gasteiger partial charge in [0, 0.05) is 25.7 Å². The van der Waals surface area contributed by atoms with Crippen LogP contribution in [0.3, 0.4) is 0 Å². The van der Waals surface area contributed by atoms with Gasteiger partial charge in [-0.3, -0.25) is 4.79 Å². The maximum absolute atomic E-state index is 13.3. The summed E-state index contributed by atoms with van der Waals surface area (Å²) in [6.07, 6.45) is 1.21. The maximum atomic E-state index is 13.3. The van der Waals surface area contributed by atoms with E-state index in [1.54, 1.807) is 13.2 Å². The van der Waals surface area contributed by atoms with Gasteiger partial charge in [-0.05, 0) is 49.6 Å². The SMILES string of the molecule is COc1ccc(CNC(=O)[C@]2(C)CCCN(S(=O)(=O)c3ccc(OC)c(OC)c3)C2)cc1. The van der Waals surface area contributed by atoms with Crippen molar-refractivity contribution in [3.63, 3.8) is 0 Å². The van der Waals surface area contributed by atoms with E-state index in [2.05, 4.69) is 5.32 Å². The number of piperidine rings is 1. The number of nitrogens with one attached hydrogen (secondary N) is 1. The van der Waals surface area contributed by atoms with Gasteiger partial charge in [-0.15, -0.1) is 0 Å². The van der Waals surface area contributed by atoms with Crippen LogP contribution in [0.4, 0.5) is 0 Å². The summed E-state index contributed by atoms with van der Waals surface area (Å²) < 4.78 is 43.6. The summed E-state index contributed by atoms with van der Waals surface area (Å²) in [6.45, 7) is 2.64. The van der Waals surface area contributed by atoms with Crippen LogP contribution in [0.15, 0.2) is 47.4 Å². The average molecular weight is 463 g/mol. The Hall–Kier alpha value is -2.78. The smallest absolute Gasteiger partial charge is 0.243 e. The molecule has 3 rings (SSSR count). The van der Waals surface area contributed by atoms with Crippen molar-refractivity contribution in [3.05, 3.63) is 48.0 Å². The molecule has 0 saturated carbocycles. The Labute approximate surface area is 189 Å². The lowest BCUT2D eigenvalue weighted by molar-refractivity contribution is -0.132. The van der Waals surface area contributed by atoms with Crippen LogP contribution in [0.5, 0.6) is 17.2 Å². The summed E-state index contributed by atoms with van der Waals surface area (Å²) in [6, 6.07) is 11.9. The van der Waals surface area contributed by atoms with Gasteiger partial charge in [0.2, 0.25) is 15.9 Å². The zero-order chi connectivity index (χ0) is 23.4. The van der Waals surface area contributed by atoms with E-state index >= 15 is 0 Å². The van der Waals surface area contributed by atoms with Crippen molar-refractivity contribution in [2.24, 2.45) is 5.41 Å². The van der Waals surface area contributed by atoms with Gasteiger partial charge in [-0.2, -0.15) is 4.31 Å². The number of hydrogen-bond donors (Lipinski definition) is 1. The highest BCUT2D eigenvalue weighted by Gasteiger charge is 2.42. The minimum absolute atomic E-state index is 0.109. The molecule has 1 heterocycles. The number of benzene rings is 2. The van der Waals surface area contributed by atoms with E-state index in [1.807, 2.05) is 31.2 Å². The molecule has 2 aromatic carbocycles. The first kappa shape index (κ1) is 23.9. The fraction of sp³-hybridized carbons (Fsp3) is 0.435. The first-order valence-electron chi connectivity index (χ1n) is 10.4. The van der Waals surface area contributed by atoms with Gasteiger partial charge in [-0.25, -0.2) is 8.42 Å². The molecule has 0 unspecified atom stereocenters. The highest BCUT2D eigenvalue weighted by molar-refractivity contribution is 7.89. The lowest BCUT2D eigenvalue weighted by Crippen LogP contribution is -2.51. The summed E-state index contributed by atoms with van der Waals surface area (Å²) in [5.74, 6) is 1.37. The monoisotopic (exact) mass is 462 g/mol. The third-order valence-electron chi connectivity index (χ3n) is 5.81. The van der Waals surface area contributed by atoms with Crippen LogP contribution in [-0.4, -0.2) is 53.0 Å². The van der Waals surface area contributed by atoms with Crippen LogP contribution in [-0.2, 0) is 21.4 Å². The Morgan fingerprint density at radius 2 is 1.72 bits per heavy atom. The molecule has 32 heavy (non-hydrogen) atoms. The summed E-state index contributed by atoms with van der Waals surface area (Å²) >= 11 is 0. The number of carbonyl (C=O) groups is 1. The molecule has 2 aromatic rings. The average Bonchev–Trinajstić information content (AvgIpc) is 2.82. The summed E-state index contributed by atoms with van der Waals surface area (Å²) in [5.41, 5.74) is 0.113. The summed E-state index contributed by atoms with van der Waals surface area (Å²) in [7, 11) is 0.755. The molecule has 0 spiro atoms. The molecule has 1 N–H and O–H groups in total. The van der Waals surface area contributed by atoms with Crippen LogP contribution >= 0.6 is 0 Å². The van der Waals surface area contributed by atoms with Gasteiger partial charge in [0.15, 0.2) is 11.5 Å². The Morgan fingerprint density at radius 1 is 1.03 bits per heavy atom. The normalized spacial score (nSPS) is 19.2. The first-order valence-corrected chi connectivity index (χ1v) is 11.8. The molecule has 1 aliphatic rings. The van der Waals surface area contributed by atoms with Crippen LogP contribution in [0, 0.1) is 5.41 Å². The maximum Gasteiger partial charge on any atom is 0.243 e. The van der Waals surface area contributed by atoms with E-state index in [-0.39, 0.29) is 17.3 Å². The van der Waals surface area contributed by atoms with E-state index < -0.39 is 15.4 Å². The molecule has 174 valence electrons. The quantitative estimate of drug-likeness (QED) is 0.648. The van der Waals surface area contributed by atoms with Crippen LogP contribution in [0.1, 0.15) is 25.3 Å². The molecule has 0 aromatic heterocycles. The predicted molar refractivity (Wildman–Crippen MR) is 120 cm³/mol. The first-order chi connectivity index (χ1) is 15.2. The van der Waals surface area contributed by atoms with Crippen molar-refractivity contribution >= 4 is 15.9 Å². The Kier molecular flexibility index (Phi) is 7.30. The van der Waals surface area contributed by atoms with Crippen molar-refractivity contribution < 1.29 is 27.4 Å². The van der Waals surface area contributed by atoms with E-state index in [0.29, 0.717) is 37.4 Å². The topological polar surface area (TPSA) is 94.2 Å². The van der Waals surface area contributed by atoms with Gasteiger partial charge in [0.05, 0.1) is 31.6 Å². The third-order valence-corrected chi connectivity index (χ3v) is 7.66. The highest BCUT2D eigenvalue weighted by atomic mass is 32.2.